The Morgan fingerprint density at radius 2 is 2.04 bits per heavy atom. The molecule has 1 N–H and O–H groups in total. The molecule has 6 heteroatoms. The number of anilines is 1. The molecule has 4 heterocycles. The van der Waals surface area contributed by atoms with Gasteiger partial charge in [0.15, 0.2) is 0 Å². The van der Waals surface area contributed by atoms with Crippen molar-refractivity contribution in [1.82, 2.24) is 19.9 Å². The SMILES string of the molecule is Cc1nc2c(c(N3CCC[C@@H](O)C3)n1)CCN(Cc1ccccn1)CC2. The normalized spacial score (nSPS) is 21.3. The number of β-amino-alcohol motifs (C(OH)–C–C–N with tert-alkyl or cyclic N) is 1. The number of aromatic nitrogens is 3. The van der Waals surface area contributed by atoms with Crippen LogP contribution in [0.15, 0.2) is 24.4 Å². The van der Waals surface area contributed by atoms with Crippen LogP contribution in [0.4, 0.5) is 5.82 Å². The molecular weight excluding hydrogens is 326 g/mol. The van der Waals surface area contributed by atoms with Crippen molar-refractivity contribution in [2.45, 2.75) is 45.3 Å². The highest BCUT2D eigenvalue weighted by Gasteiger charge is 2.25. The van der Waals surface area contributed by atoms with E-state index in [2.05, 4.69) is 20.9 Å². The molecule has 4 rings (SSSR count). The Balaban J connectivity index is 1.54. The molecule has 138 valence electrons. The van der Waals surface area contributed by atoms with E-state index in [4.69, 9.17) is 9.97 Å². The zero-order valence-electron chi connectivity index (χ0n) is 15.4. The maximum atomic E-state index is 10.1. The molecule has 0 bridgehead atoms. The van der Waals surface area contributed by atoms with Crippen LogP contribution in [0.5, 0.6) is 0 Å². The number of fused-ring (bicyclic) bond motifs is 1. The fraction of sp³-hybridized carbons (Fsp3) is 0.550. The van der Waals surface area contributed by atoms with E-state index >= 15 is 0 Å². The molecule has 0 aliphatic carbocycles. The van der Waals surface area contributed by atoms with Gasteiger partial charge in [-0.25, -0.2) is 9.97 Å². The summed E-state index contributed by atoms with van der Waals surface area (Å²) in [6.45, 7) is 6.47. The van der Waals surface area contributed by atoms with Crippen LogP contribution in [0.3, 0.4) is 0 Å². The Morgan fingerprint density at radius 3 is 2.85 bits per heavy atom. The van der Waals surface area contributed by atoms with Crippen molar-refractivity contribution in [3.05, 3.63) is 47.2 Å². The minimum atomic E-state index is -0.249. The lowest BCUT2D eigenvalue weighted by Gasteiger charge is -2.32. The topological polar surface area (TPSA) is 65.4 Å². The first kappa shape index (κ1) is 17.4. The zero-order valence-corrected chi connectivity index (χ0v) is 15.4. The maximum absolute atomic E-state index is 10.1. The van der Waals surface area contributed by atoms with Gasteiger partial charge in [-0.15, -0.1) is 0 Å². The highest BCUT2D eigenvalue weighted by Crippen LogP contribution is 2.27. The van der Waals surface area contributed by atoms with Gasteiger partial charge in [-0.3, -0.25) is 9.88 Å². The van der Waals surface area contributed by atoms with Crippen LogP contribution in [-0.4, -0.2) is 57.2 Å². The average Bonchev–Trinajstić information content (AvgIpc) is 2.84. The van der Waals surface area contributed by atoms with Gasteiger partial charge < -0.3 is 10.0 Å². The van der Waals surface area contributed by atoms with Crippen molar-refractivity contribution in [2.24, 2.45) is 0 Å². The van der Waals surface area contributed by atoms with Crippen LogP contribution in [0.25, 0.3) is 0 Å². The molecule has 2 aromatic rings. The highest BCUT2D eigenvalue weighted by molar-refractivity contribution is 5.50. The van der Waals surface area contributed by atoms with Crippen molar-refractivity contribution < 1.29 is 5.11 Å². The molecule has 2 aromatic heterocycles. The lowest BCUT2D eigenvalue weighted by atomic mass is 10.0. The van der Waals surface area contributed by atoms with Gasteiger partial charge >= 0.3 is 0 Å². The Kier molecular flexibility index (Phi) is 5.13. The van der Waals surface area contributed by atoms with E-state index in [1.54, 1.807) is 0 Å². The lowest BCUT2D eigenvalue weighted by Crippen LogP contribution is -2.39. The van der Waals surface area contributed by atoms with E-state index < -0.39 is 0 Å². The number of nitrogens with zero attached hydrogens (tertiary/aromatic N) is 5. The monoisotopic (exact) mass is 353 g/mol. The largest absolute Gasteiger partial charge is 0.391 e. The van der Waals surface area contributed by atoms with E-state index in [0.717, 1.165) is 69.2 Å². The average molecular weight is 353 g/mol. The number of aryl methyl sites for hydroxylation is 1. The first-order valence-corrected chi connectivity index (χ1v) is 9.61. The van der Waals surface area contributed by atoms with Crippen LogP contribution >= 0.6 is 0 Å². The third-order valence-corrected chi connectivity index (χ3v) is 5.33. The van der Waals surface area contributed by atoms with Crippen molar-refractivity contribution in [1.29, 1.82) is 0 Å². The number of aliphatic hydroxyl groups excluding tert-OH is 1. The van der Waals surface area contributed by atoms with E-state index in [0.29, 0.717) is 6.54 Å². The molecule has 0 aromatic carbocycles. The van der Waals surface area contributed by atoms with Gasteiger partial charge in [0, 0.05) is 50.9 Å². The van der Waals surface area contributed by atoms with E-state index in [1.807, 2.05) is 25.3 Å². The number of hydrogen-bond donors (Lipinski definition) is 1. The summed E-state index contributed by atoms with van der Waals surface area (Å²) >= 11 is 0. The predicted molar refractivity (Wildman–Crippen MR) is 101 cm³/mol. The molecule has 0 unspecified atom stereocenters. The van der Waals surface area contributed by atoms with E-state index in [-0.39, 0.29) is 6.10 Å². The fourth-order valence-corrected chi connectivity index (χ4v) is 4.03. The van der Waals surface area contributed by atoms with Gasteiger partial charge in [0.2, 0.25) is 0 Å². The Morgan fingerprint density at radius 1 is 1.15 bits per heavy atom. The summed E-state index contributed by atoms with van der Waals surface area (Å²) in [6.07, 6.45) is 5.40. The molecule has 0 spiro atoms. The molecule has 2 aliphatic heterocycles. The van der Waals surface area contributed by atoms with Gasteiger partial charge in [0.1, 0.15) is 11.6 Å². The van der Waals surface area contributed by atoms with Crippen molar-refractivity contribution in [2.75, 3.05) is 31.1 Å². The molecule has 0 amide bonds. The molecule has 2 aliphatic rings. The fourth-order valence-electron chi connectivity index (χ4n) is 4.03. The number of pyridine rings is 1. The smallest absolute Gasteiger partial charge is 0.135 e. The van der Waals surface area contributed by atoms with Gasteiger partial charge in [0.25, 0.3) is 0 Å². The third-order valence-electron chi connectivity index (χ3n) is 5.33. The summed E-state index contributed by atoms with van der Waals surface area (Å²) in [5.74, 6) is 1.88. The molecule has 26 heavy (non-hydrogen) atoms. The third kappa shape index (κ3) is 3.86. The summed E-state index contributed by atoms with van der Waals surface area (Å²) in [5, 5.41) is 10.1. The van der Waals surface area contributed by atoms with E-state index in [1.165, 1.54) is 11.3 Å². The molecule has 0 saturated carbocycles. The second-order valence-electron chi connectivity index (χ2n) is 7.36. The lowest BCUT2D eigenvalue weighted by molar-refractivity contribution is 0.153. The number of aliphatic hydroxyl groups is 1. The van der Waals surface area contributed by atoms with Crippen LogP contribution in [0, 0.1) is 6.92 Å². The van der Waals surface area contributed by atoms with E-state index in [9.17, 15) is 5.11 Å². The number of rotatable bonds is 3. The van der Waals surface area contributed by atoms with Crippen LogP contribution in [-0.2, 0) is 19.4 Å². The molecule has 0 radical (unpaired) electrons. The van der Waals surface area contributed by atoms with Gasteiger partial charge in [-0.2, -0.15) is 0 Å². The second kappa shape index (κ2) is 7.68. The van der Waals surface area contributed by atoms with Crippen LogP contribution in [0.1, 0.15) is 35.6 Å². The van der Waals surface area contributed by atoms with Gasteiger partial charge in [-0.1, -0.05) is 6.07 Å². The highest BCUT2D eigenvalue weighted by atomic mass is 16.3. The summed E-state index contributed by atoms with van der Waals surface area (Å²) in [5.41, 5.74) is 3.56. The minimum Gasteiger partial charge on any atom is -0.391 e. The maximum Gasteiger partial charge on any atom is 0.135 e. The summed E-state index contributed by atoms with van der Waals surface area (Å²) in [4.78, 5) is 18.7. The van der Waals surface area contributed by atoms with Gasteiger partial charge in [0.05, 0.1) is 17.5 Å². The first-order valence-electron chi connectivity index (χ1n) is 9.61. The van der Waals surface area contributed by atoms with Crippen molar-refractivity contribution >= 4 is 5.82 Å². The van der Waals surface area contributed by atoms with Crippen LogP contribution in [0.2, 0.25) is 0 Å². The van der Waals surface area contributed by atoms with Crippen LogP contribution < -0.4 is 4.90 Å². The predicted octanol–water partition coefficient (Wildman–Crippen LogP) is 1.74. The Bertz CT molecular complexity index is 751. The molecule has 1 atom stereocenters. The summed E-state index contributed by atoms with van der Waals surface area (Å²) in [6, 6.07) is 6.09. The number of piperidine rings is 1. The Labute approximate surface area is 154 Å². The summed E-state index contributed by atoms with van der Waals surface area (Å²) < 4.78 is 0. The van der Waals surface area contributed by atoms with Gasteiger partial charge in [-0.05, 0) is 38.3 Å². The Hall–Kier alpha value is -2.05. The van der Waals surface area contributed by atoms with Crippen molar-refractivity contribution in [3.63, 3.8) is 0 Å². The summed E-state index contributed by atoms with van der Waals surface area (Å²) in [7, 11) is 0. The molecule has 1 saturated heterocycles. The first-order chi connectivity index (χ1) is 12.7. The quantitative estimate of drug-likeness (QED) is 0.907. The molecular formula is C20H27N5O. The number of hydrogen-bond acceptors (Lipinski definition) is 6. The zero-order chi connectivity index (χ0) is 17.9. The molecule has 6 nitrogen and oxygen atoms in total. The molecule has 1 fully saturated rings. The second-order valence-corrected chi connectivity index (χ2v) is 7.36. The minimum absolute atomic E-state index is 0.249. The van der Waals surface area contributed by atoms with Crippen molar-refractivity contribution in [3.8, 4) is 0 Å². The standard InChI is InChI=1S/C20H27N5O/c1-15-22-19-8-12-24(13-16-5-2-3-9-21-16)11-7-18(19)20(23-15)25-10-4-6-17(26)14-25/h2-3,5,9,17,26H,4,6-8,10-14H2,1H3/t17-/m1/s1.